The number of aromatic nitrogens is 2. The first kappa shape index (κ1) is 10.3. The lowest BCUT2D eigenvalue weighted by atomic mass is 10.2. The highest BCUT2D eigenvalue weighted by Crippen LogP contribution is 2.04. The van der Waals surface area contributed by atoms with Crippen molar-refractivity contribution in [3.8, 4) is 0 Å². The first-order valence-electron chi connectivity index (χ1n) is 4.43. The molecule has 0 aliphatic carbocycles. The maximum absolute atomic E-state index is 5.81. The molecule has 0 spiro atoms. The van der Waals surface area contributed by atoms with Gasteiger partial charge in [0.1, 0.15) is 12.1 Å². The molecule has 0 radical (unpaired) electrons. The highest BCUT2D eigenvalue weighted by atomic mass is 35.5. The normalized spacial score (nSPS) is 12.5. The molecular weight excluding hydrogens is 186 g/mol. The van der Waals surface area contributed by atoms with Gasteiger partial charge < -0.3 is 5.32 Å². The first-order valence-corrected chi connectivity index (χ1v) is 4.86. The van der Waals surface area contributed by atoms with E-state index < -0.39 is 0 Å². The first-order chi connectivity index (χ1) is 6.29. The molecule has 0 saturated heterocycles. The van der Waals surface area contributed by atoms with Crippen molar-refractivity contribution in [1.82, 2.24) is 9.97 Å². The van der Waals surface area contributed by atoms with Crippen molar-refractivity contribution in [2.75, 3.05) is 11.9 Å². The van der Waals surface area contributed by atoms with Crippen LogP contribution in [0.3, 0.4) is 0 Å². The summed E-state index contributed by atoms with van der Waals surface area (Å²) in [7, 11) is 0. The molecule has 0 saturated carbocycles. The average molecular weight is 200 g/mol. The fraction of sp³-hybridized carbons (Fsp3) is 0.556. The quantitative estimate of drug-likeness (QED) is 0.584. The zero-order valence-corrected chi connectivity index (χ0v) is 8.46. The van der Waals surface area contributed by atoms with Crippen molar-refractivity contribution in [2.24, 2.45) is 0 Å². The summed E-state index contributed by atoms with van der Waals surface area (Å²) in [5, 5.41) is 3.45. The second kappa shape index (κ2) is 5.75. The molecule has 4 heteroatoms. The van der Waals surface area contributed by atoms with Gasteiger partial charge in [0.15, 0.2) is 0 Å². The smallest absolute Gasteiger partial charge is 0.129 e. The molecule has 1 N–H and O–H groups in total. The Bertz CT molecular complexity index is 226. The second-order valence-corrected chi connectivity index (χ2v) is 3.69. The van der Waals surface area contributed by atoms with Crippen LogP contribution in [-0.2, 0) is 0 Å². The van der Waals surface area contributed by atoms with E-state index in [0.717, 1.165) is 25.2 Å². The van der Waals surface area contributed by atoms with E-state index in [1.165, 1.54) is 6.33 Å². The van der Waals surface area contributed by atoms with Crippen LogP contribution in [0.1, 0.15) is 19.8 Å². The number of halogens is 1. The predicted molar refractivity (Wildman–Crippen MR) is 55.1 cm³/mol. The molecule has 0 bridgehead atoms. The van der Waals surface area contributed by atoms with Gasteiger partial charge in [0.05, 0.1) is 0 Å². The third kappa shape index (κ3) is 4.68. The molecule has 0 aliphatic heterocycles. The number of anilines is 1. The van der Waals surface area contributed by atoms with Gasteiger partial charge >= 0.3 is 0 Å². The summed E-state index contributed by atoms with van der Waals surface area (Å²) >= 11 is 5.81. The Morgan fingerprint density at radius 1 is 1.62 bits per heavy atom. The van der Waals surface area contributed by atoms with Crippen molar-refractivity contribution in [3.63, 3.8) is 0 Å². The van der Waals surface area contributed by atoms with Gasteiger partial charge in [-0.3, -0.25) is 0 Å². The van der Waals surface area contributed by atoms with E-state index in [0.29, 0.717) is 0 Å². The number of alkyl halides is 1. The largest absolute Gasteiger partial charge is 0.370 e. The molecule has 1 rings (SSSR count). The summed E-state index contributed by atoms with van der Waals surface area (Å²) in [6, 6.07) is 1.85. The minimum Gasteiger partial charge on any atom is -0.370 e. The Balaban J connectivity index is 2.13. The molecule has 1 atom stereocenters. The molecule has 1 heterocycles. The van der Waals surface area contributed by atoms with E-state index in [-0.39, 0.29) is 5.38 Å². The zero-order valence-electron chi connectivity index (χ0n) is 7.70. The SMILES string of the molecule is CC(Cl)CCCNc1ccncn1. The third-order valence-corrected chi connectivity index (χ3v) is 1.88. The van der Waals surface area contributed by atoms with Gasteiger partial charge in [-0.1, -0.05) is 0 Å². The summed E-state index contributed by atoms with van der Waals surface area (Å²) in [6.07, 6.45) is 5.35. The van der Waals surface area contributed by atoms with Crippen LogP contribution in [-0.4, -0.2) is 21.9 Å². The van der Waals surface area contributed by atoms with E-state index in [9.17, 15) is 0 Å². The third-order valence-electron chi connectivity index (χ3n) is 1.67. The average Bonchev–Trinajstić information content (AvgIpc) is 2.14. The van der Waals surface area contributed by atoms with Crippen LogP contribution in [0.25, 0.3) is 0 Å². The number of hydrogen-bond donors (Lipinski definition) is 1. The fourth-order valence-electron chi connectivity index (χ4n) is 0.995. The van der Waals surface area contributed by atoms with Crippen LogP contribution in [0.5, 0.6) is 0 Å². The molecule has 1 unspecified atom stereocenters. The van der Waals surface area contributed by atoms with E-state index in [2.05, 4.69) is 15.3 Å². The highest BCUT2D eigenvalue weighted by Gasteiger charge is 1.95. The molecular formula is C9H14ClN3. The van der Waals surface area contributed by atoms with E-state index in [1.807, 2.05) is 13.0 Å². The minimum absolute atomic E-state index is 0.257. The zero-order chi connectivity index (χ0) is 9.52. The maximum Gasteiger partial charge on any atom is 0.129 e. The Morgan fingerprint density at radius 2 is 2.46 bits per heavy atom. The van der Waals surface area contributed by atoms with E-state index >= 15 is 0 Å². The summed E-state index contributed by atoms with van der Waals surface area (Å²) in [6.45, 7) is 2.92. The van der Waals surface area contributed by atoms with Gasteiger partial charge in [-0.25, -0.2) is 9.97 Å². The summed E-state index contributed by atoms with van der Waals surface area (Å²) in [4.78, 5) is 7.87. The van der Waals surface area contributed by atoms with Crippen molar-refractivity contribution in [3.05, 3.63) is 18.6 Å². The Labute approximate surface area is 83.5 Å². The second-order valence-electron chi connectivity index (χ2n) is 2.94. The Hall–Kier alpha value is -0.830. The molecule has 0 aliphatic rings. The molecule has 13 heavy (non-hydrogen) atoms. The van der Waals surface area contributed by atoms with Crippen LogP contribution in [0.15, 0.2) is 18.6 Å². The van der Waals surface area contributed by atoms with Crippen LogP contribution in [0, 0.1) is 0 Å². The van der Waals surface area contributed by atoms with Crippen LogP contribution in [0.2, 0.25) is 0 Å². The van der Waals surface area contributed by atoms with Crippen molar-refractivity contribution >= 4 is 17.4 Å². The van der Waals surface area contributed by atoms with Gasteiger partial charge in [0.2, 0.25) is 0 Å². The summed E-state index contributed by atoms with van der Waals surface area (Å²) in [5.41, 5.74) is 0. The highest BCUT2D eigenvalue weighted by molar-refractivity contribution is 6.20. The lowest BCUT2D eigenvalue weighted by Gasteiger charge is -2.05. The molecule has 1 aromatic rings. The maximum atomic E-state index is 5.81. The fourth-order valence-corrected chi connectivity index (χ4v) is 1.15. The lowest BCUT2D eigenvalue weighted by Crippen LogP contribution is -2.05. The molecule has 0 fully saturated rings. The number of hydrogen-bond acceptors (Lipinski definition) is 3. The van der Waals surface area contributed by atoms with Gasteiger partial charge in [-0.05, 0) is 25.8 Å². The number of rotatable bonds is 5. The van der Waals surface area contributed by atoms with E-state index in [4.69, 9.17) is 11.6 Å². The van der Waals surface area contributed by atoms with Crippen LogP contribution < -0.4 is 5.32 Å². The number of nitrogens with one attached hydrogen (secondary N) is 1. The van der Waals surface area contributed by atoms with Crippen molar-refractivity contribution in [1.29, 1.82) is 0 Å². The monoisotopic (exact) mass is 199 g/mol. The number of nitrogens with zero attached hydrogens (tertiary/aromatic N) is 2. The minimum atomic E-state index is 0.257. The van der Waals surface area contributed by atoms with Crippen LogP contribution in [0.4, 0.5) is 5.82 Å². The topological polar surface area (TPSA) is 37.8 Å². The molecule has 1 aromatic heterocycles. The van der Waals surface area contributed by atoms with Gasteiger partial charge in [-0.15, -0.1) is 11.6 Å². The predicted octanol–water partition coefficient (Wildman–Crippen LogP) is 2.30. The van der Waals surface area contributed by atoms with Gasteiger partial charge in [-0.2, -0.15) is 0 Å². The summed E-state index contributed by atoms with van der Waals surface area (Å²) < 4.78 is 0. The van der Waals surface area contributed by atoms with Gasteiger partial charge in [0, 0.05) is 18.1 Å². The molecule has 0 amide bonds. The van der Waals surface area contributed by atoms with Crippen molar-refractivity contribution in [2.45, 2.75) is 25.1 Å². The Morgan fingerprint density at radius 3 is 3.08 bits per heavy atom. The Kier molecular flexibility index (Phi) is 4.54. The molecule has 3 nitrogen and oxygen atoms in total. The van der Waals surface area contributed by atoms with E-state index in [1.54, 1.807) is 6.20 Å². The standard InChI is InChI=1S/C9H14ClN3/c1-8(10)3-2-5-12-9-4-6-11-7-13-9/h4,6-8H,2-3,5H2,1H3,(H,11,12,13). The lowest BCUT2D eigenvalue weighted by molar-refractivity contribution is 0.749. The molecule has 0 aromatic carbocycles. The molecule has 72 valence electrons. The van der Waals surface area contributed by atoms with Crippen molar-refractivity contribution < 1.29 is 0 Å². The van der Waals surface area contributed by atoms with Gasteiger partial charge in [0.25, 0.3) is 0 Å². The van der Waals surface area contributed by atoms with Crippen LogP contribution >= 0.6 is 11.6 Å². The summed E-state index contributed by atoms with van der Waals surface area (Å²) in [5.74, 6) is 0.872.